The molecule has 0 bridgehead atoms. The van der Waals surface area contributed by atoms with Gasteiger partial charge in [0, 0.05) is 10.6 Å². The molecule has 0 spiro atoms. The maximum absolute atomic E-state index is 13.1. The predicted molar refractivity (Wildman–Crippen MR) is 100 cm³/mol. The summed E-state index contributed by atoms with van der Waals surface area (Å²) in [5.74, 6) is -0.813. The summed E-state index contributed by atoms with van der Waals surface area (Å²) < 4.78 is 13.1. The van der Waals surface area contributed by atoms with E-state index in [0.29, 0.717) is 21.1 Å². The number of hydrogen-bond donors (Lipinski definition) is 2. The summed E-state index contributed by atoms with van der Waals surface area (Å²) in [7, 11) is 0. The zero-order valence-corrected chi connectivity index (χ0v) is 15.7. The van der Waals surface area contributed by atoms with Crippen LogP contribution in [0.4, 0.5) is 10.1 Å². The van der Waals surface area contributed by atoms with E-state index < -0.39 is 5.82 Å². The number of hydrogen-bond acceptors (Lipinski definition) is 5. The summed E-state index contributed by atoms with van der Waals surface area (Å²) in [6.07, 6.45) is 0. The van der Waals surface area contributed by atoms with E-state index in [1.54, 1.807) is 0 Å². The molecule has 25 heavy (non-hydrogen) atoms. The van der Waals surface area contributed by atoms with E-state index in [-0.39, 0.29) is 22.2 Å². The van der Waals surface area contributed by atoms with E-state index >= 15 is 0 Å². The highest BCUT2D eigenvalue weighted by Gasteiger charge is 2.13. The summed E-state index contributed by atoms with van der Waals surface area (Å²) in [5, 5.41) is 3.53. The van der Waals surface area contributed by atoms with Gasteiger partial charge in [0.15, 0.2) is 5.16 Å². The maximum Gasteiger partial charge on any atom is 0.260 e. The van der Waals surface area contributed by atoms with Crippen LogP contribution < -0.4 is 10.9 Å². The minimum absolute atomic E-state index is 0.0484. The van der Waals surface area contributed by atoms with Crippen LogP contribution in [0.2, 0.25) is 5.02 Å². The highest BCUT2D eigenvalue weighted by Crippen LogP contribution is 2.27. The fourth-order valence-corrected chi connectivity index (χ4v) is 4.14. The van der Waals surface area contributed by atoms with Gasteiger partial charge in [-0.25, -0.2) is 9.37 Å². The molecule has 0 saturated carbocycles. The Balaban J connectivity index is 1.70. The normalized spacial score (nSPS) is 11.0. The van der Waals surface area contributed by atoms with Crippen molar-refractivity contribution in [3.05, 3.63) is 49.8 Å². The average Bonchev–Trinajstić information content (AvgIpc) is 2.84. The molecule has 0 saturated heterocycles. The lowest BCUT2D eigenvalue weighted by Gasteiger charge is -2.05. The monoisotopic (exact) mass is 397 g/mol. The summed E-state index contributed by atoms with van der Waals surface area (Å²) in [6.45, 7) is 3.83. The van der Waals surface area contributed by atoms with Crippen LogP contribution in [0.25, 0.3) is 10.2 Å². The second kappa shape index (κ2) is 7.15. The van der Waals surface area contributed by atoms with Crippen molar-refractivity contribution in [2.45, 2.75) is 19.0 Å². The molecule has 2 N–H and O–H groups in total. The van der Waals surface area contributed by atoms with Crippen LogP contribution in [-0.2, 0) is 4.79 Å². The van der Waals surface area contributed by atoms with Crippen LogP contribution in [0.5, 0.6) is 0 Å². The molecule has 1 amide bonds. The Morgan fingerprint density at radius 2 is 2.20 bits per heavy atom. The number of halogens is 2. The average molecular weight is 398 g/mol. The highest BCUT2D eigenvalue weighted by atomic mass is 35.5. The molecule has 0 unspecified atom stereocenters. The number of carbonyl (C=O) groups excluding carboxylic acids is 1. The largest absolute Gasteiger partial charge is 0.325 e. The summed E-state index contributed by atoms with van der Waals surface area (Å²) in [6, 6.07) is 3.94. The number of nitrogens with zero attached hydrogens (tertiary/aromatic N) is 1. The zero-order valence-electron chi connectivity index (χ0n) is 13.3. The van der Waals surface area contributed by atoms with Gasteiger partial charge in [0.25, 0.3) is 5.56 Å². The zero-order chi connectivity index (χ0) is 18.1. The molecular formula is C16H13ClFN3O2S2. The van der Waals surface area contributed by atoms with Gasteiger partial charge in [0.05, 0.1) is 16.2 Å². The summed E-state index contributed by atoms with van der Waals surface area (Å²) in [4.78, 5) is 33.0. The summed E-state index contributed by atoms with van der Waals surface area (Å²) in [5.41, 5.74) is 1.12. The second-order valence-corrected chi connectivity index (χ2v) is 7.87. The van der Waals surface area contributed by atoms with Gasteiger partial charge < -0.3 is 10.3 Å². The molecule has 2 heterocycles. The minimum Gasteiger partial charge on any atom is -0.325 e. The van der Waals surface area contributed by atoms with E-state index in [9.17, 15) is 14.0 Å². The van der Waals surface area contributed by atoms with Crippen molar-refractivity contribution < 1.29 is 9.18 Å². The third-order valence-corrected chi connectivity index (χ3v) is 5.82. The quantitative estimate of drug-likeness (QED) is 0.513. The molecule has 1 aromatic carbocycles. The first kappa shape index (κ1) is 17.9. The second-order valence-electron chi connectivity index (χ2n) is 5.30. The Labute approximate surface area is 155 Å². The number of aryl methyl sites for hydroxylation is 2. The Morgan fingerprint density at radius 3 is 2.92 bits per heavy atom. The smallest absolute Gasteiger partial charge is 0.260 e. The van der Waals surface area contributed by atoms with Crippen LogP contribution in [0.15, 0.2) is 28.2 Å². The molecule has 0 aliphatic heterocycles. The molecule has 9 heteroatoms. The number of benzene rings is 1. The van der Waals surface area contributed by atoms with Crippen LogP contribution in [0.3, 0.4) is 0 Å². The van der Waals surface area contributed by atoms with E-state index in [2.05, 4.69) is 15.3 Å². The molecular weight excluding hydrogens is 385 g/mol. The third kappa shape index (κ3) is 3.86. The Morgan fingerprint density at radius 1 is 1.44 bits per heavy atom. The Hall–Kier alpha value is -1.90. The first-order chi connectivity index (χ1) is 11.8. The van der Waals surface area contributed by atoms with Gasteiger partial charge in [-0.05, 0) is 37.6 Å². The lowest BCUT2D eigenvalue weighted by molar-refractivity contribution is -0.113. The Bertz CT molecular complexity index is 1030. The number of H-pyrrole nitrogens is 1. The fraction of sp³-hybridized carbons (Fsp3) is 0.188. The van der Waals surface area contributed by atoms with Crippen molar-refractivity contribution in [1.29, 1.82) is 0 Å². The molecule has 0 radical (unpaired) electrons. The van der Waals surface area contributed by atoms with Crippen LogP contribution in [0.1, 0.15) is 10.4 Å². The molecule has 0 aliphatic carbocycles. The predicted octanol–water partition coefficient (Wildman–Crippen LogP) is 4.12. The van der Waals surface area contributed by atoms with E-state index in [4.69, 9.17) is 11.6 Å². The molecule has 3 rings (SSSR count). The number of aromatic nitrogens is 2. The molecule has 2 aromatic heterocycles. The fourth-order valence-electron chi connectivity index (χ4n) is 2.21. The third-order valence-electron chi connectivity index (χ3n) is 3.56. The number of thioether (sulfide) groups is 1. The highest BCUT2D eigenvalue weighted by molar-refractivity contribution is 7.99. The van der Waals surface area contributed by atoms with Crippen molar-refractivity contribution in [2.75, 3.05) is 11.1 Å². The molecule has 3 aromatic rings. The van der Waals surface area contributed by atoms with Gasteiger partial charge >= 0.3 is 0 Å². The number of nitrogens with one attached hydrogen (secondary N) is 2. The van der Waals surface area contributed by atoms with Crippen molar-refractivity contribution in [3.63, 3.8) is 0 Å². The number of carbonyl (C=O) groups is 1. The number of aromatic amines is 1. The topological polar surface area (TPSA) is 74.8 Å². The number of fused-ring (bicyclic) bond motifs is 1. The van der Waals surface area contributed by atoms with Crippen LogP contribution in [0, 0.1) is 19.7 Å². The van der Waals surface area contributed by atoms with E-state index in [1.165, 1.54) is 29.5 Å². The lowest BCUT2D eigenvalue weighted by Crippen LogP contribution is -2.15. The number of amides is 1. The first-order valence-corrected chi connectivity index (χ1v) is 9.41. The van der Waals surface area contributed by atoms with Gasteiger partial charge in [-0.15, -0.1) is 11.3 Å². The van der Waals surface area contributed by atoms with Gasteiger partial charge in [0.1, 0.15) is 10.6 Å². The SMILES string of the molecule is Cc1sc2nc(SCC(=O)Nc3ccc(F)c(Cl)c3)[nH]c(=O)c2c1C. The minimum atomic E-state index is -0.550. The molecule has 0 fully saturated rings. The number of thiophene rings is 1. The van der Waals surface area contributed by atoms with Crippen molar-refractivity contribution in [2.24, 2.45) is 0 Å². The lowest BCUT2D eigenvalue weighted by atomic mass is 10.2. The molecule has 130 valence electrons. The van der Waals surface area contributed by atoms with Crippen molar-refractivity contribution in [1.82, 2.24) is 9.97 Å². The number of rotatable bonds is 4. The molecule has 5 nitrogen and oxygen atoms in total. The first-order valence-electron chi connectivity index (χ1n) is 7.23. The summed E-state index contributed by atoms with van der Waals surface area (Å²) >= 11 is 8.25. The van der Waals surface area contributed by atoms with Crippen molar-refractivity contribution in [3.8, 4) is 0 Å². The van der Waals surface area contributed by atoms with Crippen LogP contribution in [-0.4, -0.2) is 21.6 Å². The number of anilines is 1. The van der Waals surface area contributed by atoms with Gasteiger partial charge in [-0.1, -0.05) is 23.4 Å². The van der Waals surface area contributed by atoms with Gasteiger partial charge in [-0.3, -0.25) is 9.59 Å². The Kier molecular flexibility index (Phi) is 5.12. The molecule has 0 atom stereocenters. The van der Waals surface area contributed by atoms with Crippen molar-refractivity contribution >= 4 is 56.5 Å². The molecule has 0 aliphatic rings. The van der Waals surface area contributed by atoms with E-state index in [0.717, 1.165) is 22.2 Å². The van der Waals surface area contributed by atoms with E-state index in [1.807, 2.05) is 13.8 Å². The van der Waals surface area contributed by atoms with Gasteiger partial charge in [0.2, 0.25) is 5.91 Å². The van der Waals surface area contributed by atoms with Crippen LogP contribution >= 0.6 is 34.7 Å². The maximum atomic E-state index is 13.1. The van der Waals surface area contributed by atoms with Gasteiger partial charge in [-0.2, -0.15) is 0 Å². The standard InChI is InChI=1S/C16H13ClFN3O2S2/c1-7-8(2)25-15-13(7)14(23)20-16(21-15)24-6-12(22)19-9-3-4-11(18)10(17)5-9/h3-5H,6H2,1-2H3,(H,19,22)(H,20,21,23).